The van der Waals surface area contributed by atoms with E-state index in [1.165, 1.54) is 0 Å². The Kier molecular flexibility index (Phi) is 11.5. The number of aliphatic hydroxyl groups excluding tert-OH is 6. The van der Waals surface area contributed by atoms with Gasteiger partial charge in [0.15, 0.2) is 18.9 Å². The molecule has 1 saturated carbocycles. The lowest BCUT2D eigenvalue weighted by atomic mass is 9.84. The number of aliphatic hydroxyl groups is 6. The fourth-order valence-electron chi connectivity index (χ4n) is 5.95. The molecule has 3 saturated heterocycles. The van der Waals surface area contributed by atoms with Crippen molar-refractivity contribution >= 4 is 0 Å². The molecule has 1 aliphatic carbocycles. The summed E-state index contributed by atoms with van der Waals surface area (Å²) in [5, 5.41) is 63.0. The smallest absolute Gasteiger partial charge is 0.187 e. The molecule has 42 heavy (non-hydrogen) atoms. The van der Waals surface area contributed by atoms with Gasteiger partial charge in [-0.2, -0.15) is 0 Å². The van der Waals surface area contributed by atoms with E-state index in [1.54, 1.807) is 6.92 Å². The minimum absolute atomic E-state index is 0.00462. The Bertz CT molecular complexity index is 867. The molecule has 0 aromatic heterocycles. The zero-order valence-electron chi connectivity index (χ0n) is 23.4. The van der Waals surface area contributed by atoms with E-state index in [2.05, 4.69) is 0 Å². The second kappa shape index (κ2) is 14.1. The highest BCUT2D eigenvalue weighted by Gasteiger charge is 2.54. The first kappa shape index (κ1) is 34.2. The van der Waals surface area contributed by atoms with Gasteiger partial charge in [0, 0.05) is 31.1 Å². The molecule has 18 nitrogen and oxygen atoms in total. The minimum atomic E-state index is -1.56. The zero-order valence-corrected chi connectivity index (χ0v) is 23.4. The first-order valence-corrected chi connectivity index (χ1v) is 14.2. The van der Waals surface area contributed by atoms with Crippen molar-refractivity contribution < 1.29 is 59.1 Å². The van der Waals surface area contributed by atoms with Gasteiger partial charge in [-0.1, -0.05) is 6.92 Å². The first-order chi connectivity index (χ1) is 19.8. The Hall–Kier alpha value is -0.720. The molecule has 0 spiro atoms. The van der Waals surface area contributed by atoms with Crippen LogP contribution in [0.2, 0.25) is 0 Å². The molecule has 0 aromatic rings. The molecular weight excluding hydrogens is 564 g/mol. The van der Waals surface area contributed by atoms with Crippen molar-refractivity contribution in [2.45, 2.75) is 124 Å². The van der Waals surface area contributed by atoms with E-state index in [0.717, 1.165) is 0 Å². The van der Waals surface area contributed by atoms with Crippen molar-refractivity contribution in [2.75, 3.05) is 19.7 Å². The van der Waals surface area contributed by atoms with Crippen molar-refractivity contribution in [3.05, 3.63) is 0 Å². The summed E-state index contributed by atoms with van der Waals surface area (Å²) in [6.07, 6.45) is -16.8. The molecular formula is C24H48N6O12. The summed E-state index contributed by atoms with van der Waals surface area (Å²) in [5.41, 5.74) is 36.1. The van der Waals surface area contributed by atoms with Gasteiger partial charge in [-0.25, -0.2) is 0 Å². The standard InChI is InChI=1S/C24H48N6O12/c1-6-12(29)22(37-9(3-25)14(6)32)40-19-8(28)2-7(27)15(33)21(19)42-24-18(36)20(11(5-31)39-24)41-23-13(30)17(35)16(34)10(4-26)38-23/h6-24,31-36H,2-5,25-30H2,1H3/t6?,7-,8?,9?,10+,11-,12?,13-,14+,15?,16?,17?,18+,19-,20+,21?,22-,23?,24+/m1/s1. The predicted molar refractivity (Wildman–Crippen MR) is 142 cm³/mol. The highest BCUT2D eigenvalue weighted by atomic mass is 16.8. The maximum absolute atomic E-state index is 11.1. The molecule has 0 radical (unpaired) electrons. The van der Waals surface area contributed by atoms with Gasteiger partial charge in [0.1, 0.15) is 48.8 Å². The SMILES string of the molecule is CC1C(N)[C@@H](O[C@@H]2C(N)C[C@@H](N)C(O)C2O[C@@H]2O[C@H](CO)[C@H](OC3O[C@@H](CN)C(O)C(O)[C@H]3N)[C@@H]2O)OC(CN)[C@H]1O. The highest BCUT2D eigenvalue weighted by molar-refractivity contribution is 5.02. The normalized spacial score (nSPS) is 53.8. The number of rotatable bonds is 9. The lowest BCUT2D eigenvalue weighted by Crippen LogP contribution is -2.67. The number of nitrogens with two attached hydrogens (primary N) is 6. The van der Waals surface area contributed by atoms with Gasteiger partial charge < -0.3 is 93.5 Å². The molecule has 4 aliphatic rings. The molecule has 19 atom stereocenters. The summed E-state index contributed by atoms with van der Waals surface area (Å²) in [6.45, 7) is 0.965. The van der Waals surface area contributed by atoms with Crippen molar-refractivity contribution in [2.24, 2.45) is 40.3 Å². The third-order valence-corrected chi connectivity index (χ3v) is 8.77. The number of hydrogen-bond donors (Lipinski definition) is 12. The van der Waals surface area contributed by atoms with E-state index in [0.29, 0.717) is 0 Å². The Morgan fingerprint density at radius 1 is 0.595 bits per heavy atom. The largest absolute Gasteiger partial charge is 0.394 e. The van der Waals surface area contributed by atoms with E-state index in [9.17, 15) is 30.6 Å². The van der Waals surface area contributed by atoms with E-state index in [4.69, 9.17) is 62.8 Å². The van der Waals surface area contributed by atoms with Crippen molar-refractivity contribution in [1.82, 2.24) is 0 Å². The van der Waals surface area contributed by atoms with Gasteiger partial charge in [0.25, 0.3) is 0 Å². The van der Waals surface area contributed by atoms with Crippen molar-refractivity contribution in [3.63, 3.8) is 0 Å². The monoisotopic (exact) mass is 612 g/mol. The van der Waals surface area contributed by atoms with Crippen LogP contribution < -0.4 is 34.4 Å². The quantitative estimate of drug-likeness (QED) is 0.115. The number of hydrogen-bond acceptors (Lipinski definition) is 18. The second-order valence-electron chi connectivity index (χ2n) is 11.6. The van der Waals surface area contributed by atoms with E-state index >= 15 is 0 Å². The lowest BCUT2D eigenvalue weighted by molar-refractivity contribution is -0.301. The average Bonchev–Trinajstić information content (AvgIpc) is 3.27. The van der Waals surface area contributed by atoms with Crippen LogP contribution in [0, 0.1) is 5.92 Å². The van der Waals surface area contributed by atoms with Crippen molar-refractivity contribution in [1.29, 1.82) is 0 Å². The zero-order chi connectivity index (χ0) is 31.0. The van der Waals surface area contributed by atoms with Crippen LogP contribution in [0.5, 0.6) is 0 Å². The molecule has 3 heterocycles. The summed E-state index contributed by atoms with van der Waals surface area (Å²) in [4.78, 5) is 0. The lowest BCUT2D eigenvalue weighted by Gasteiger charge is -2.47. The Morgan fingerprint density at radius 3 is 1.71 bits per heavy atom. The van der Waals surface area contributed by atoms with Crippen LogP contribution in [0.3, 0.4) is 0 Å². The summed E-state index contributed by atoms with van der Waals surface area (Å²) in [7, 11) is 0. The molecule has 9 unspecified atom stereocenters. The maximum atomic E-state index is 11.1. The molecule has 3 aliphatic heterocycles. The summed E-state index contributed by atoms with van der Waals surface area (Å²) < 4.78 is 35.1. The molecule has 246 valence electrons. The van der Waals surface area contributed by atoms with E-state index in [1.807, 2.05) is 0 Å². The van der Waals surface area contributed by atoms with E-state index in [-0.39, 0.29) is 19.5 Å². The Morgan fingerprint density at radius 2 is 1.12 bits per heavy atom. The Labute approximate surface area is 243 Å². The molecule has 0 amide bonds. The van der Waals surface area contributed by atoms with E-state index < -0.39 is 123 Å². The fourth-order valence-corrected chi connectivity index (χ4v) is 5.95. The van der Waals surface area contributed by atoms with Gasteiger partial charge in [0.2, 0.25) is 0 Å². The fraction of sp³-hybridized carbons (Fsp3) is 1.00. The molecule has 18 N–H and O–H groups in total. The number of ether oxygens (including phenoxy) is 6. The molecule has 18 heteroatoms. The van der Waals surface area contributed by atoms with Crippen LogP contribution >= 0.6 is 0 Å². The van der Waals surface area contributed by atoms with Gasteiger partial charge >= 0.3 is 0 Å². The van der Waals surface area contributed by atoms with Crippen LogP contribution in [-0.2, 0) is 28.4 Å². The van der Waals surface area contributed by atoms with Crippen LogP contribution in [0.1, 0.15) is 13.3 Å². The van der Waals surface area contributed by atoms with Gasteiger partial charge in [-0.05, 0) is 6.42 Å². The summed E-state index contributed by atoms with van der Waals surface area (Å²) >= 11 is 0. The highest BCUT2D eigenvalue weighted by Crippen LogP contribution is 2.34. The van der Waals surface area contributed by atoms with Crippen LogP contribution in [0.15, 0.2) is 0 Å². The molecule has 0 bridgehead atoms. The molecule has 0 aromatic carbocycles. The second-order valence-corrected chi connectivity index (χ2v) is 11.6. The molecule has 4 fully saturated rings. The van der Waals surface area contributed by atoms with Gasteiger partial charge in [-0.3, -0.25) is 0 Å². The van der Waals surface area contributed by atoms with Crippen molar-refractivity contribution in [3.8, 4) is 0 Å². The summed E-state index contributed by atoms with van der Waals surface area (Å²) in [5.74, 6) is -0.446. The predicted octanol–water partition coefficient (Wildman–Crippen LogP) is -7.62. The van der Waals surface area contributed by atoms with Gasteiger partial charge in [-0.15, -0.1) is 0 Å². The summed E-state index contributed by atoms with van der Waals surface area (Å²) in [6, 6.07) is -3.59. The van der Waals surface area contributed by atoms with Crippen LogP contribution in [0.4, 0.5) is 0 Å². The first-order valence-electron chi connectivity index (χ1n) is 14.2. The average molecular weight is 613 g/mol. The van der Waals surface area contributed by atoms with Crippen LogP contribution in [-0.4, -0.2) is 161 Å². The minimum Gasteiger partial charge on any atom is -0.394 e. The Balaban J connectivity index is 1.50. The topological polar surface area (TPSA) is 333 Å². The third-order valence-electron chi connectivity index (χ3n) is 8.77. The van der Waals surface area contributed by atoms with Crippen LogP contribution in [0.25, 0.3) is 0 Å². The molecule has 4 rings (SSSR count). The maximum Gasteiger partial charge on any atom is 0.187 e. The third kappa shape index (κ3) is 6.62. The van der Waals surface area contributed by atoms with Gasteiger partial charge in [0.05, 0.1) is 37.0 Å².